The number of carboxylic acid groups (broad SMARTS) is 1. The van der Waals surface area contributed by atoms with Gasteiger partial charge in [0.25, 0.3) is 5.91 Å². The van der Waals surface area contributed by atoms with Crippen LogP contribution < -0.4 is 4.74 Å². The van der Waals surface area contributed by atoms with Crippen molar-refractivity contribution >= 4 is 57.0 Å². The number of nitrogens with zero attached hydrogens (tertiary/aromatic N) is 2. The highest BCUT2D eigenvalue weighted by atomic mass is 32.2. The molecule has 2 saturated heterocycles. The third-order valence-corrected chi connectivity index (χ3v) is 9.22. The number of rotatable bonds is 10. The molecule has 0 aromatic heterocycles. The Balaban J connectivity index is 1.23. The van der Waals surface area contributed by atoms with Crippen molar-refractivity contribution in [3.8, 4) is 16.9 Å². The number of aromatic carboxylic acids is 1. The number of fused-ring (bicyclic) bond motifs is 1. The van der Waals surface area contributed by atoms with Gasteiger partial charge >= 0.3 is 5.97 Å². The first-order valence-electron chi connectivity index (χ1n) is 14.6. The zero-order valence-electron chi connectivity index (χ0n) is 24.1. The second-order valence-corrected chi connectivity index (χ2v) is 12.4. The number of ether oxygens (including phenoxy) is 2. The molecule has 0 atom stereocenters. The van der Waals surface area contributed by atoms with Crippen molar-refractivity contribution in [3.63, 3.8) is 0 Å². The summed E-state index contributed by atoms with van der Waals surface area (Å²) in [5, 5.41) is 11.5. The molecule has 0 spiro atoms. The molecule has 1 amide bonds. The Bertz CT molecular complexity index is 1730. The van der Waals surface area contributed by atoms with Gasteiger partial charge in [-0.05, 0) is 70.3 Å². The van der Waals surface area contributed by atoms with Gasteiger partial charge in [0.05, 0.1) is 23.7 Å². The van der Waals surface area contributed by atoms with Crippen molar-refractivity contribution < 1.29 is 24.2 Å². The monoisotopic (exact) mass is 624 g/mol. The predicted molar refractivity (Wildman–Crippen MR) is 179 cm³/mol. The second kappa shape index (κ2) is 13.7. The molecule has 9 heteroatoms. The van der Waals surface area contributed by atoms with Gasteiger partial charge in [0.2, 0.25) is 0 Å². The Morgan fingerprint density at radius 2 is 1.66 bits per heavy atom. The lowest BCUT2D eigenvalue weighted by atomic mass is 9.99. The number of carboxylic acids is 1. The van der Waals surface area contributed by atoms with Gasteiger partial charge < -0.3 is 14.6 Å². The first kappa shape index (κ1) is 30.0. The average Bonchev–Trinajstić information content (AvgIpc) is 3.32. The number of hydrogen-bond donors (Lipinski definition) is 1. The Labute approximate surface area is 266 Å². The number of hydrogen-bond acceptors (Lipinski definition) is 7. The molecule has 1 N–H and O–H groups in total. The van der Waals surface area contributed by atoms with Crippen molar-refractivity contribution in [2.45, 2.75) is 6.42 Å². The van der Waals surface area contributed by atoms with Crippen LogP contribution in [0.25, 0.3) is 28.0 Å². The number of thioether (sulfide) groups is 1. The fraction of sp³-hybridized carbons (Fsp3) is 0.229. The highest BCUT2D eigenvalue weighted by Gasteiger charge is 2.32. The molecule has 4 aromatic rings. The molecular weight excluding hydrogens is 593 g/mol. The number of amides is 1. The molecule has 2 aliphatic heterocycles. The fourth-order valence-electron chi connectivity index (χ4n) is 5.34. The normalized spacial score (nSPS) is 16.6. The number of thiocarbonyl (C=S) groups is 1. The van der Waals surface area contributed by atoms with Crippen molar-refractivity contribution in [3.05, 3.63) is 107 Å². The highest BCUT2D eigenvalue weighted by Crippen LogP contribution is 2.36. The van der Waals surface area contributed by atoms with Gasteiger partial charge in [-0.3, -0.25) is 14.6 Å². The molecule has 224 valence electrons. The molecule has 2 heterocycles. The summed E-state index contributed by atoms with van der Waals surface area (Å²) in [5.74, 6) is -0.392. The van der Waals surface area contributed by atoms with Gasteiger partial charge in [-0.25, -0.2) is 4.79 Å². The van der Waals surface area contributed by atoms with E-state index in [-0.39, 0.29) is 11.5 Å². The summed E-state index contributed by atoms with van der Waals surface area (Å²) in [5.41, 5.74) is 4.10. The van der Waals surface area contributed by atoms with Crippen LogP contribution >= 0.6 is 24.0 Å². The quantitative estimate of drug-likeness (QED) is 0.161. The molecule has 7 nitrogen and oxygen atoms in total. The topological polar surface area (TPSA) is 79.3 Å². The smallest absolute Gasteiger partial charge is 0.335 e. The van der Waals surface area contributed by atoms with E-state index in [1.807, 2.05) is 24.3 Å². The Morgan fingerprint density at radius 1 is 0.932 bits per heavy atom. The largest absolute Gasteiger partial charge is 0.492 e. The van der Waals surface area contributed by atoms with E-state index in [1.165, 1.54) is 17.1 Å². The van der Waals surface area contributed by atoms with Crippen LogP contribution in [0, 0.1) is 0 Å². The predicted octanol–water partition coefficient (Wildman–Crippen LogP) is 6.36. The Morgan fingerprint density at radius 3 is 2.43 bits per heavy atom. The van der Waals surface area contributed by atoms with Gasteiger partial charge in [0.1, 0.15) is 16.7 Å². The average molecular weight is 625 g/mol. The first-order valence-corrected chi connectivity index (χ1v) is 15.8. The van der Waals surface area contributed by atoms with E-state index in [4.69, 9.17) is 26.8 Å². The summed E-state index contributed by atoms with van der Waals surface area (Å²) in [6.45, 7) is 4.99. The maximum absolute atomic E-state index is 13.5. The van der Waals surface area contributed by atoms with Crippen LogP contribution in [0.4, 0.5) is 0 Å². The van der Waals surface area contributed by atoms with Crippen molar-refractivity contribution in [2.75, 3.05) is 46.0 Å². The fourth-order valence-corrected chi connectivity index (χ4v) is 6.64. The molecular formula is C35H32N2O5S2. The van der Waals surface area contributed by atoms with E-state index in [1.54, 1.807) is 29.2 Å². The zero-order chi connectivity index (χ0) is 30.5. The maximum Gasteiger partial charge on any atom is 0.335 e. The van der Waals surface area contributed by atoms with E-state index in [9.17, 15) is 9.59 Å². The van der Waals surface area contributed by atoms with E-state index in [0.29, 0.717) is 34.5 Å². The van der Waals surface area contributed by atoms with Crippen LogP contribution in [0.15, 0.2) is 89.8 Å². The Kier molecular flexibility index (Phi) is 9.37. The summed E-state index contributed by atoms with van der Waals surface area (Å²) in [6, 6.07) is 27.5. The van der Waals surface area contributed by atoms with Crippen LogP contribution in [0.5, 0.6) is 5.75 Å². The minimum absolute atomic E-state index is 0.141. The minimum Gasteiger partial charge on any atom is -0.492 e. The standard InChI is InChI=1S/C35H32N2O5S2/c38-33-32(44-35(43)37(33)14-13-24-5-7-26(8-6-24)34(39)40)23-30-22-29(28-10-9-25-3-1-2-4-27(25)21-28)11-12-31(30)42-20-17-36-15-18-41-19-16-36/h1-12,21-23H,13-20H2,(H,39,40). The van der Waals surface area contributed by atoms with E-state index < -0.39 is 5.97 Å². The molecule has 0 bridgehead atoms. The number of carbonyl (C=O) groups excluding carboxylic acids is 1. The summed E-state index contributed by atoms with van der Waals surface area (Å²) in [4.78, 5) is 29.2. The summed E-state index contributed by atoms with van der Waals surface area (Å²) in [6.07, 6.45) is 2.45. The van der Waals surface area contributed by atoms with Crippen molar-refractivity contribution in [1.29, 1.82) is 0 Å². The van der Waals surface area contributed by atoms with E-state index >= 15 is 0 Å². The third kappa shape index (κ3) is 7.03. The van der Waals surface area contributed by atoms with Crippen LogP contribution in [0.3, 0.4) is 0 Å². The minimum atomic E-state index is -0.965. The summed E-state index contributed by atoms with van der Waals surface area (Å²) < 4.78 is 12.3. The maximum atomic E-state index is 13.5. The van der Waals surface area contributed by atoms with Gasteiger partial charge in [-0.1, -0.05) is 78.6 Å². The van der Waals surface area contributed by atoms with Crippen molar-refractivity contribution in [1.82, 2.24) is 9.80 Å². The molecule has 6 rings (SSSR count). The molecule has 4 aromatic carbocycles. The van der Waals surface area contributed by atoms with Crippen molar-refractivity contribution in [2.24, 2.45) is 0 Å². The third-order valence-electron chi connectivity index (χ3n) is 7.85. The lowest BCUT2D eigenvalue weighted by molar-refractivity contribution is -0.122. The lowest BCUT2D eigenvalue weighted by Gasteiger charge is -2.26. The van der Waals surface area contributed by atoms with Crippen LogP contribution in [-0.4, -0.2) is 77.1 Å². The van der Waals surface area contributed by atoms with Gasteiger partial charge in [0.15, 0.2) is 0 Å². The van der Waals surface area contributed by atoms with Gasteiger partial charge in [0, 0.05) is 31.7 Å². The number of benzene rings is 4. The number of morpholine rings is 1. The lowest BCUT2D eigenvalue weighted by Crippen LogP contribution is -2.38. The molecule has 44 heavy (non-hydrogen) atoms. The first-order chi connectivity index (χ1) is 21.4. The van der Waals surface area contributed by atoms with Gasteiger partial charge in [-0.2, -0.15) is 0 Å². The van der Waals surface area contributed by atoms with E-state index in [0.717, 1.165) is 60.5 Å². The van der Waals surface area contributed by atoms with E-state index in [2.05, 4.69) is 47.4 Å². The zero-order valence-corrected chi connectivity index (χ0v) is 25.7. The molecule has 0 aliphatic carbocycles. The molecule has 0 radical (unpaired) electrons. The van der Waals surface area contributed by atoms with Crippen LogP contribution in [0.1, 0.15) is 21.5 Å². The second-order valence-electron chi connectivity index (χ2n) is 10.7. The molecule has 0 saturated carbocycles. The Hall–Kier alpha value is -4.02. The molecule has 0 unspecified atom stereocenters. The van der Waals surface area contributed by atoms with Gasteiger partial charge in [-0.15, -0.1) is 0 Å². The molecule has 2 aliphatic rings. The highest BCUT2D eigenvalue weighted by molar-refractivity contribution is 8.26. The summed E-state index contributed by atoms with van der Waals surface area (Å²) in [7, 11) is 0. The SMILES string of the molecule is O=C(O)c1ccc(CCN2C(=O)C(=Cc3cc(-c4ccc5ccccc5c4)ccc3OCCN3CCOCC3)SC2=S)cc1. The summed E-state index contributed by atoms with van der Waals surface area (Å²) >= 11 is 6.90. The van der Waals surface area contributed by atoms with Crippen LogP contribution in [-0.2, 0) is 16.0 Å². The van der Waals surface area contributed by atoms with Crippen LogP contribution in [0.2, 0.25) is 0 Å². The molecule has 2 fully saturated rings. The number of carbonyl (C=O) groups is 2.